The van der Waals surface area contributed by atoms with Gasteiger partial charge >= 0.3 is 6.61 Å². The first-order valence-corrected chi connectivity index (χ1v) is 8.93. The molecule has 0 radical (unpaired) electrons. The van der Waals surface area contributed by atoms with Gasteiger partial charge in [0.2, 0.25) is 11.8 Å². The molecule has 0 atom stereocenters. The lowest BCUT2D eigenvalue weighted by Crippen LogP contribution is -2.15. The molecule has 0 aliphatic rings. The van der Waals surface area contributed by atoms with Crippen LogP contribution in [-0.4, -0.2) is 31.3 Å². The molecule has 9 heteroatoms. The smallest absolute Gasteiger partial charge is 0.387 e. The van der Waals surface area contributed by atoms with Crippen molar-refractivity contribution in [2.24, 2.45) is 5.73 Å². The summed E-state index contributed by atoms with van der Waals surface area (Å²) < 4.78 is 34.0. The summed E-state index contributed by atoms with van der Waals surface area (Å²) in [5.74, 6) is 0.0835. The van der Waals surface area contributed by atoms with Gasteiger partial charge in [0.15, 0.2) is 11.5 Å². The zero-order chi connectivity index (χ0) is 19.8. The van der Waals surface area contributed by atoms with E-state index in [-0.39, 0.29) is 23.2 Å². The number of hydrogen-bond acceptors (Lipinski definition) is 5. The third-order valence-corrected chi connectivity index (χ3v) is 4.40. The Hall–Kier alpha value is -2.81. The van der Waals surface area contributed by atoms with Crippen molar-refractivity contribution in [2.75, 3.05) is 18.2 Å². The SMILES string of the molecule is COc1cc(CSCC(=O)Nc2ccc(C(N)=O)cc2)ccc1OC(F)F. The summed E-state index contributed by atoms with van der Waals surface area (Å²) in [6.45, 7) is -2.93. The molecule has 2 amide bonds. The maximum Gasteiger partial charge on any atom is 0.387 e. The summed E-state index contributed by atoms with van der Waals surface area (Å²) in [6, 6.07) is 10.9. The Morgan fingerprint density at radius 3 is 2.44 bits per heavy atom. The van der Waals surface area contributed by atoms with E-state index in [0.29, 0.717) is 17.0 Å². The minimum atomic E-state index is -2.93. The van der Waals surface area contributed by atoms with Crippen LogP contribution in [-0.2, 0) is 10.5 Å². The molecule has 0 saturated heterocycles. The van der Waals surface area contributed by atoms with Crippen molar-refractivity contribution in [3.05, 3.63) is 53.6 Å². The predicted molar refractivity (Wildman–Crippen MR) is 99.4 cm³/mol. The first-order valence-electron chi connectivity index (χ1n) is 7.78. The number of benzene rings is 2. The van der Waals surface area contributed by atoms with Crippen LogP contribution < -0.4 is 20.5 Å². The van der Waals surface area contributed by atoms with Crippen LogP contribution in [0.15, 0.2) is 42.5 Å². The molecule has 0 heterocycles. The number of halogens is 2. The highest BCUT2D eigenvalue weighted by atomic mass is 32.2. The highest BCUT2D eigenvalue weighted by Gasteiger charge is 2.11. The average molecular weight is 396 g/mol. The second kappa shape index (κ2) is 9.77. The summed E-state index contributed by atoms with van der Waals surface area (Å²) in [5.41, 5.74) is 6.87. The van der Waals surface area contributed by atoms with Crippen LogP contribution in [0.2, 0.25) is 0 Å². The van der Waals surface area contributed by atoms with Gasteiger partial charge in [-0.05, 0) is 42.0 Å². The number of ether oxygens (including phenoxy) is 2. The first-order chi connectivity index (χ1) is 12.9. The van der Waals surface area contributed by atoms with Gasteiger partial charge in [0.1, 0.15) is 0 Å². The zero-order valence-corrected chi connectivity index (χ0v) is 15.2. The average Bonchev–Trinajstić information content (AvgIpc) is 2.62. The topological polar surface area (TPSA) is 90.6 Å². The summed E-state index contributed by atoms with van der Waals surface area (Å²) in [4.78, 5) is 23.0. The Labute approximate surface area is 159 Å². The van der Waals surface area contributed by atoms with Crippen LogP contribution in [0.25, 0.3) is 0 Å². The molecule has 0 aromatic heterocycles. The third kappa shape index (κ3) is 6.45. The molecule has 0 aliphatic heterocycles. The largest absolute Gasteiger partial charge is 0.493 e. The summed E-state index contributed by atoms with van der Waals surface area (Å²) in [7, 11) is 1.36. The van der Waals surface area contributed by atoms with Crippen molar-refractivity contribution in [3.8, 4) is 11.5 Å². The summed E-state index contributed by atoms with van der Waals surface area (Å²) in [5, 5.41) is 2.71. The minimum absolute atomic E-state index is 0.0431. The lowest BCUT2D eigenvalue weighted by Gasteiger charge is -2.11. The van der Waals surface area contributed by atoms with Gasteiger partial charge in [-0.3, -0.25) is 9.59 Å². The molecule has 0 spiro atoms. The van der Waals surface area contributed by atoms with Crippen LogP contribution in [0.5, 0.6) is 11.5 Å². The van der Waals surface area contributed by atoms with Crippen molar-refractivity contribution in [1.82, 2.24) is 0 Å². The van der Waals surface area contributed by atoms with Crippen LogP contribution >= 0.6 is 11.8 Å². The number of alkyl halides is 2. The monoisotopic (exact) mass is 396 g/mol. The molecule has 2 aromatic carbocycles. The second-order valence-corrected chi connectivity index (χ2v) is 6.33. The zero-order valence-electron chi connectivity index (χ0n) is 14.4. The number of hydrogen-bond donors (Lipinski definition) is 2. The van der Waals surface area contributed by atoms with Gasteiger partial charge in [-0.15, -0.1) is 11.8 Å². The summed E-state index contributed by atoms with van der Waals surface area (Å²) in [6.07, 6.45) is 0. The molecule has 0 saturated carbocycles. The van der Waals surface area contributed by atoms with Crippen molar-refractivity contribution in [3.63, 3.8) is 0 Å². The van der Waals surface area contributed by atoms with E-state index in [2.05, 4.69) is 10.1 Å². The predicted octanol–water partition coefficient (Wildman–Crippen LogP) is 3.27. The molecule has 0 unspecified atom stereocenters. The molecule has 6 nitrogen and oxygen atoms in total. The van der Waals surface area contributed by atoms with E-state index >= 15 is 0 Å². The molecule has 2 aromatic rings. The van der Waals surface area contributed by atoms with Gasteiger partial charge < -0.3 is 20.5 Å². The molecule has 144 valence electrons. The Balaban J connectivity index is 1.84. The highest BCUT2D eigenvalue weighted by Crippen LogP contribution is 2.30. The molecule has 2 rings (SSSR count). The van der Waals surface area contributed by atoms with E-state index in [1.54, 1.807) is 24.3 Å². The fraction of sp³-hybridized carbons (Fsp3) is 0.222. The molecule has 27 heavy (non-hydrogen) atoms. The lowest BCUT2D eigenvalue weighted by molar-refractivity contribution is -0.113. The van der Waals surface area contributed by atoms with Crippen LogP contribution in [0.1, 0.15) is 15.9 Å². The number of rotatable bonds is 9. The van der Waals surface area contributed by atoms with E-state index < -0.39 is 12.5 Å². The fourth-order valence-corrected chi connectivity index (χ4v) is 2.95. The molecule has 0 aliphatic carbocycles. The minimum Gasteiger partial charge on any atom is -0.493 e. The Morgan fingerprint density at radius 2 is 1.85 bits per heavy atom. The quantitative estimate of drug-likeness (QED) is 0.679. The van der Waals surface area contributed by atoms with Gasteiger partial charge in [-0.1, -0.05) is 6.07 Å². The number of carbonyl (C=O) groups is 2. The molecule has 3 N–H and O–H groups in total. The van der Waals surface area contributed by atoms with Crippen LogP contribution in [0.4, 0.5) is 14.5 Å². The van der Waals surface area contributed by atoms with Crippen molar-refractivity contribution < 1.29 is 27.8 Å². The number of nitrogens with two attached hydrogens (primary N) is 1. The number of amides is 2. The van der Waals surface area contributed by atoms with Gasteiger partial charge in [-0.2, -0.15) is 8.78 Å². The van der Waals surface area contributed by atoms with Crippen LogP contribution in [0.3, 0.4) is 0 Å². The third-order valence-electron chi connectivity index (χ3n) is 3.40. The van der Waals surface area contributed by atoms with E-state index in [4.69, 9.17) is 10.5 Å². The lowest BCUT2D eigenvalue weighted by atomic mass is 10.2. The normalized spacial score (nSPS) is 10.5. The number of thioether (sulfide) groups is 1. The molecular formula is C18H18F2N2O4S. The van der Waals surface area contributed by atoms with Gasteiger partial charge in [0, 0.05) is 17.0 Å². The second-order valence-electron chi connectivity index (χ2n) is 5.35. The van der Waals surface area contributed by atoms with Gasteiger partial charge in [-0.25, -0.2) is 0 Å². The standard InChI is InChI=1S/C18H18F2N2O4S/c1-25-15-8-11(2-7-14(15)26-18(19)20)9-27-10-16(23)22-13-5-3-12(4-6-13)17(21)24/h2-8,18H,9-10H2,1H3,(H2,21,24)(H,22,23). The highest BCUT2D eigenvalue weighted by molar-refractivity contribution is 7.99. The Morgan fingerprint density at radius 1 is 1.15 bits per heavy atom. The van der Waals surface area contributed by atoms with Crippen molar-refractivity contribution >= 4 is 29.3 Å². The number of methoxy groups -OCH3 is 1. The van der Waals surface area contributed by atoms with Crippen molar-refractivity contribution in [1.29, 1.82) is 0 Å². The van der Waals surface area contributed by atoms with Gasteiger partial charge in [0.05, 0.1) is 12.9 Å². The van der Waals surface area contributed by atoms with E-state index in [1.165, 1.54) is 37.1 Å². The fourth-order valence-electron chi connectivity index (χ4n) is 2.17. The van der Waals surface area contributed by atoms with Crippen molar-refractivity contribution in [2.45, 2.75) is 12.4 Å². The maximum absolute atomic E-state index is 12.3. The van der Waals surface area contributed by atoms with E-state index in [1.807, 2.05) is 0 Å². The number of anilines is 1. The van der Waals surface area contributed by atoms with Gasteiger partial charge in [0.25, 0.3) is 0 Å². The van der Waals surface area contributed by atoms with E-state index in [0.717, 1.165) is 5.56 Å². The number of carbonyl (C=O) groups excluding carboxylic acids is 2. The summed E-state index contributed by atoms with van der Waals surface area (Å²) >= 11 is 1.35. The van der Waals surface area contributed by atoms with Crippen LogP contribution in [0, 0.1) is 0 Å². The number of nitrogens with one attached hydrogen (secondary N) is 1. The molecule has 0 bridgehead atoms. The molecular weight excluding hydrogens is 378 g/mol. The Kier molecular flexibility index (Phi) is 7.42. The first kappa shape index (κ1) is 20.5. The number of primary amides is 1. The van der Waals surface area contributed by atoms with E-state index in [9.17, 15) is 18.4 Å². The maximum atomic E-state index is 12.3. The molecule has 0 fully saturated rings. The Bertz CT molecular complexity index is 800.